The number of fused-ring (bicyclic) bond motifs is 1. The van der Waals surface area contributed by atoms with E-state index in [0.717, 1.165) is 12.1 Å². The van der Waals surface area contributed by atoms with Crippen LogP contribution in [0.1, 0.15) is 12.5 Å². The van der Waals surface area contributed by atoms with Crippen molar-refractivity contribution in [1.29, 1.82) is 0 Å². The number of carbonyl (C=O) groups is 1. The van der Waals surface area contributed by atoms with Gasteiger partial charge in [-0.05, 0) is 36.2 Å². The predicted octanol–water partition coefficient (Wildman–Crippen LogP) is 2.90. The number of nitrogens with zero attached hydrogens (tertiary/aromatic N) is 3. The minimum Gasteiger partial charge on any atom is -0.378 e. The van der Waals surface area contributed by atoms with E-state index in [2.05, 4.69) is 6.92 Å². The van der Waals surface area contributed by atoms with Crippen LogP contribution in [0.2, 0.25) is 0 Å². The van der Waals surface area contributed by atoms with E-state index in [1.165, 1.54) is 17.3 Å². The molecule has 0 radical (unpaired) electrons. The van der Waals surface area contributed by atoms with Crippen LogP contribution in [0.3, 0.4) is 0 Å². The lowest BCUT2D eigenvalue weighted by Gasteiger charge is -2.26. The predicted molar refractivity (Wildman–Crippen MR) is 115 cm³/mol. The van der Waals surface area contributed by atoms with Gasteiger partial charge in [0.2, 0.25) is 5.91 Å². The molecule has 2 heterocycles. The maximum absolute atomic E-state index is 13.2. The normalized spacial score (nSPS) is 14.3. The maximum atomic E-state index is 13.2. The monoisotopic (exact) mass is 409 g/mol. The quantitative estimate of drug-likeness (QED) is 0.479. The van der Waals surface area contributed by atoms with Gasteiger partial charge in [0.05, 0.1) is 35.6 Å². The number of benzene rings is 2. The second kappa shape index (κ2) is 8.80. The molecule has 1 aromatic heterocycles. The number of thioether (sulfide) groups is 1. The Kier molecular flexibility index (Phi) is 5.97. The summed E-state index contributed by atoms with van der Waals surface area (Å²) in [5, 5.41) is 1.09. The zero-order valence-corrected chi connectivity index (χ0v) is 17.2. The smallest absolute Gasteiger partial charge is 0.266 e. The number of ether oxygens (including phenoxy) is 1. The number of morpholine rings is 1. The molecule has 6 nitrogen and oxygen atoms in total. The molecule has 4 rings (SSSR count). The number of hydrogen-bond acceptors (Lipinski definition) is 5. The molecule has 0 spiro atoms. The van der Waals surface area contributed by atoms with Gasteiger partial charge >= 0.3 is 0 Å². The van der Waals surface area contributed by atoms with Crippen molar-refractivity contribution in [3.05, 3.63) is 64.4 Å². The van der Waals surface area contributed by atoms with Crippen LogP contribution in [0.15, 0.2) is 58.5 Å². The van der Waals surface area contributed by atoms with Crippen molar-refractivity contribution in [2.45, 2.75) is 18.5 Å². The van der Waals surface area contributed by atoms with E-state index in [1.54, 1.807) is 15.5 Å². The van der Waals surface area contributed by atoms with Gasteiger partial charge in [-0.1, -0.05) is 43.0 Å². The lowest BCUT2D eigenvalue weighted by Crippen LogP contribution is -2.41. The van der Waals surface area contributed by atoms with Crippen LogP contribution in [0.4, 0.5) is 0 Å². The molecule has 0 atom stereocenters. The lowest BCUT2D eigenvalue weighted by atomic mass is 10.1. The summed E-state index contributed by atoms with van der Waals surface area (Å²) in [4.78, 5) is 32.3. The number of amides is 1. The molecule has 1 aliphatic rings. The highest BCUT2D eigenvalue weighted by atomic mass is 32.2. The Morgan fingerprint density at radius 3 is 2.55 bits per heavy atom. The molecular formula is C22H23N3O3S. The molecule has 0 unspecified atom stereocenters. The van der Waals surface area contributed by atoms with Gasteiger partial charge in [0.25, 0.3) is 5.56 Å². The lowest BCUT2D eigenvalue weighted by molar-refractivity contribution is -0.132. The number of para-hydroxylation sites is 1. The zero-order chi connectivity index (χ0) is 20.2. The van der Waals surface area contributed by atoms with Crippen molar-refractivity contribution in [1.82, 2.24) is 14.5 Å². The molecule has 1 aliphatic heterocycles. The van der Waals surface area contributed by atoms with Gasteiger partial charge in [-0.2, -0.15) is 0 Å². The maximum Gasteiger partial charge on any atom is 0.266 e. The highest BCUT2D eigenvalue weighted by Gasteiger charge is 2.19. The second-order valence-corrected chi connectivity index (χ2v) is 7.80. The summed E-state index contributed by atoms with van der Waals surface area (Å²) in [5.74, 6) is 0.270. The number of hydrogen-bond donors (Lipinski definition) is 0. The summed E-state index contributed by atoms with van der Waals surface area (Å²) < 4.78 is 6.92. The van der Waals surface area contributed by atoms with Crippen LogP contribution in [0.25, 0.3) is 16.6 Å². The van der Waals surface area contributed by atoms with Crippen LogP contribution in [-0.4, -0.2) is 52.4 Å². The Morgan fingerprint density at radius 2 is 1.83 bits per heavy atom. The van der Waals surface area contributed by atoms with E-state index in [1.807, 2.05) is 42.5 Å². The molecule has 0 bridgehead atoms. The van der Waals surface area contributed by atoms with Crippen molar-refractivity contribution in [2.24, 2.45) is 0 Å². The Labute approximate surface area is 173 Å². The third-order valence-corrected chi connectivity index (χ3v) is 5.96. The molecule has 0 aliphatic carbocycles. The minimum atomic E-state index is -0.124. The summed E-state index contributed by atoms with van der Waals surface area (Å²) in [7, 11) is 0. The van der Waals surface area contributed by atoms with Gasteiger partial charge in [0, 0.05) is 13.1 Å². The van der Waals surface area contributed by atoms with Gasteiger partial charge < -0.3 is 9.64 Å². The first-order valence-electron chi connectivity index (χ1n) is 9.77. The summed E-state index contributed by atoms with van der Waals surface area (Å²) in [5.41, 5.74) is 2.47. The fourth-order valence-electron chi connectivity index (χ4n) is 3.35. The van der Waals surface area contributed by atoms with E-state index >= 15 is 0 Å². The molecule has 29 heavy (non-hydrogen) atoms. The molecule has 0 N–H and O–H groups in total. The van der Waals surface area contributed by atoms with Crippen LogP contribution < -0.4 is 5.56 Å². The standard InChI is InChI=1S/C22H23N3O3S/c1-2-16-7-9-17(10-8-16)25-21(27)18-5-3-4-6-19(18)23-22(25)29-15-20(26)24-11-13-28-14-12-24/h3-10H,2,11-15H2,1H3. The Morgan fingerprint density at radius 1 is 1.10 bits per heavy atom. The van der Waals surface area contributed by atoms with Gasteiger partial charge in [-0.25, -0.2) is 4.98 Å². The summed E-state index contributed by atoms with van der Waals surface area (Å²) in [6.07, 6.45) is 0.931. The largest absolute Gasteiger partial charge is 0.378 e. The molecule has 1 saturated heterocycles. The van der Waals surface area contributed by atoms with Crippen molar-refractivity contribution in [3.8, 4) is 5.69 Å². The molecule has 2 aromatic carbocycles. The third-order valence-electron chi connectivity index (χ3n) is 5.04. The van der Waals surface area contributed by atoms with Crippen LogP contribution in [-0.2, 0) is 16.0 Å². The van der Waals surface area contributed by atoms with Gasteiger partial charge in [-0.15, -0.1) is 0 Å². The second-order valence-electron chi connectivity index (χ2n) is 6.85. The minimum absolute atomic E-state index is 0.0357. The topological polar surface area (TPSA) is 64.4 Å². The molecule has 3 aromatic rings. The molecule has 1 fully saturated rings. The number of aromatic nitrogens is 2. The first kappa shape index (κ1) is 19.7. The third kappa shape index (κ3) is 4.21. The number of aryl methyl sites for hydroxylation is 1. The molecule has 0 saturated carbocycles. The highest BCUT2D eigenvalue weighted by molar-refractivity contribution is 7.99. The summed E-state index contributed by atoms with van der Waals surface area (Å²) in [6.45, 7) is 4.45. The average molecular weight is 410 g/mol. The van der Waals surface area contributed by atoms with E-state index in [9.17, 15) is 9.59 Å². The van der Waals surface area contributed by atoms with E-state index in [-0.39, 0.29) is 17.2 Å². The van der Waals surface area contributed by atoms with E-state index in [4.69, 9.17) is 9.72 Å². The van der Waals surface area contributed by atoms with Gasteiger partial charge in [0.1, 0.15) is 0 Å². The SMILES string of the molecule is CCc1ccc(-n2c(SCC(=O)N3CCOCC3)nc3ccccc3c2=O)cc1. The van der Waals surface area contributed by atoms with Gasteiger partial charge in [0.15, 0.2) is 5.16 Å². The van der Waals surface area contributed by atoms with Crippen molar-refractivity contribution < 1.29 is 9.53 Å². The van der Waals surface area contributed by atoms with Crippen LogP contribution in [0.5, 0.6) is 0 Å². The van der Waals surface area contributed by atoms with Crippen molar-refractivity contribution >= 4 is 28.6 Å². The summed E-state index contributed by atoms with van der Waals surface area (Å²) in [6, 6.07) is 15.2. The molecule has 150 valence electrons. The van der Waals surface area contributed by atoms with E-state index < -0.39 is 0 Å². The molecular weight excluding hydrogens is 386 g/mol. The van der Waals surface area contributed by atoms with Crippen molar-refractivity contribution in [2.75, 3.05) is 32.1 Å². The van der Waals surface area contributed by atoms with E-state index in [0.29, 0.717) is 42.4 Å². The van der Waals surface area contributed by atoms with Crippen LogP contribution >= 0.6 is 11.8 Å². The fourth-order valence-corrected chi connectivity index (χ4v) is 4.26. The first-order valence-corrected chi connectivity index (χ1v) is 10.8. The van der Waals surface area contributed by atoms with Gasteiger partial charge in [-0.3, -0.25) is 14.2 Å². The number of rotatable bonds is 5. The molecule has 1 amide bonds. The van der Waals surface area contributed by atoms with Crippen molar-refractivity contribution in [3.63, 3.8) is 0 Å². The highest BCUT2D eigenvalue weighted by Crippen LogP contribution is 2.22. The Bertz CT molecular complexity index is 1070. The zero-order valence-electron chi connectivity index (χ0n) is 16.3. The first-order chi connectivity index (χ1) is 14.2. The van der Waals surface area contributed by atoms with Crippen LogP contribution in [0, 0.1) is 0 Å². The summed E-state index contributed by atoms with van der Waals surface area (Å²) >= 11 is 1.30. The number of carbonyl (C=O) groups excluding carboxylic acids is 1. The molecule has 7 heteroatoms. The average Bonchev–Trinajstić information content (AvgIpc) is 2.78. The Hall–Kier alpha value is -2.64. The fraction of sp³-hybridized carbons (Fsp3) is 0.318. The Balaban J connectivity index is 1.70.